The zero-order valence-corrected chi connectivity index (χ0v) is 19.4. The van der Waals surface area contributed by atoms with Gasteiger partial charge in [-0.2, -0.15) is 5.10 Å². The molecule has 1 amide bonds. The van der Waals surface area contributed by atoms with Crippen molar-refractivity contribution >= 4 is 33.7 Å². The molecule has 1 aliphatic rings. The van der Waals surface area contributed by atoms with E-state index in [1.165, 1.54) is 22.0 Å². The average Bonchev–Trinajstić information content (AvgIpc) is 3.17. The number of hydrazone groups is 1. The van der Waals surface area contributed by atoms with Crippen molar-refractivity contribution in [2.45, 2.75) is 39.2 Å². The highest BCUT2D eigenvalue weighted by Crippen LogP contribution is 2.35. The molecule has 4 rings (SSSR count). The van der Waals surface area contributed by atoms with Crippen molar-refractivity contribution in [1.82, 2.24) is 15.0 Å². The number of rotatable bonds is 6. The van der Waals surface area contributed by atoms with Crippen LogP contribution < -0.4 is 20.5 Å². The third-order valence-corrected chi connectivity index (χ3v) is 7.02. The van der Waals surface area contributed by atoms with E-state index in [2.05, 4.69) is 22.4 Å². The van der Waals surface area contributed by atoms with Gasteiger partial charge in [-0.3, -0.25) is 14.2 Å². The van der Waals surface area contributed by atoms with Crippen molar-refractivity contribution in [3.05, 3.63) is 50.9 Å². The monoisotopic (exact) mass is 454 g/mol. The summed E-state index contributed by atoms with van der Waals surface area (Å²) in [5.41, 5.74) is 4.11. The van der Waals surface area contributed by atoms with E-state index < -0.39 is 11.9 Å². The molecule has 2 unspecified atom stereocenters. The first kappa shape index (κ1) is 22.0. The largest absolute Gasteiger partial charge is 0.497 e. The van der Waals surface area contributed by atoms with Crippen LogP contribution in [0.1, 0.15) is 42.3 Å². The Balaban J connectivity index is 1.54. The zero-order chi connectivity index (χ0) is 22.8. The summed E-state index contributed by atoms with van der Waals surface area (Å²) in [5, 5.41) is 4.69. The fraction of sp³-hybridized carbons (Fsp3) is 0.391. The summed E-state index contributed by atoms with van der Waals surface area (Å²) in [6.07, 6.45) is 5.87. The number of hydrogen-bond acceptors (Lipinski definition) is 7. The molecule has 1 aliphatic carbocycles. The van der Waals surface area contributed by atoms with Crippen LogP contribution in [-0.4, -0.2) is 35.9 Å². The Morgan fingerprint density at radius 1 is 1.38 bits per heavy atom. The molecule has 3 aromatic rings. The number of thiophene rings is 1. The number of methoxy groups -OCH3 is 2. The molecule has 32 heavy (non-hydrogen) atoms. The van der Waals surface area contributed by atoms with Crippen LogP contribution >= 0.6 is 11.3 Å². The molecular formula is C23H26N4O4S. The van der Waals surface area contributed by atoms with E-state index in [1.54, 1.807) is 50.7 Å². The Hall–Kier alpha value is -3.20. The maximum Gasteiger partial charge on any atom is 0.263 e. The van der Waals surface area contributed by atoms with Gasteiger partial charge in [-0.1, -0.05) is 6.92 Å². The zero-order valence-electron chi connectivity index (χ0n) is 18.5. The number of amides is 1. The maximum atomic E-state index is 13.2. The fourth-order valence-corrected chi connectivity index (χ4v) is 5.27. The highest BCUT2D eigenvalue weighted by Gasteiger charge is 2.25. The molecule has 0 fully saturated rings. The van der Waals surface area contributed by atoms with Crippen molar-refractivity contribution in [2.75, 3.05) is 14.2 Å². The molecule has 1 aromatic carbocycles. The summed E-state index contributed by atoms with van der Waals surface area (Å²) in [6, 6.07) is 4.53. The van der Waals surface area contributed by atoms with E-state index in [9.17, 15) is 9.59 Å². The van der Waals surface area contributed by atoms with E-state index in [0.29, 0.717) is 28.4 Å². The number of carbonyl (C=O) groups excluding carboxylic acids is 1. The first-order valence-electron chi connectivity index (χ1n) is 10.5. The Morgan fingerprint density at radius 3 is 2.94 bits per heavy atom. The highest BCUT2D eigenvalue weighted by molar-refractivity contribution is 7.18. The van der Waals surface area contributed by atoms with Gasteiger partial charge >= 0.3 is 0 Å². The van der Waals surface area contributed by atoms with Gasteiger partial charge < -0.3 is 9.47 Å². The van der Waals surface area contributed by atoms with Gasteiger partial charge in [0.1, 0.15) is 22.4 Å². The van der Waals surface area contributed by atoms with E-state index in [4.69, 9.17) is 9.47 Å². The number of fused-ring (bicyclic) bond motifs is 3. The van der Waals surface area contributed by atoms with Gasteiger partial charge in [0.2, 0.25) is 0 Å². The van der Waals surface area contributed by atoms with Crippen molar-refractivity contribution in [2.24, 2.45) is 11.0 Å². The predicted octanol–water partition coefficient (Wildman–Crippen LogP) is 3.31. The average molecular weight is 455 g/mol. The second-order valence-electron chi connectivity index (χ2n) is 8.01. The molecule has 0 saturated heterocycles. The molecule has 0 saturated carbocycles. The second kappa shape index (κ2) is 9.12. The normalized spacial score (nSPS) is 16.7. The quantitative estimate of drug-likeness (QED) is 0.455. The number of aryl methyl sites for hydroxylation is 1. The molecule has 0 aliphatic heterocycles. The van der Waals surface area contributed by atoms with Crippen LogP contribution in [0, 0.1) is 5.92 Å². The molecule has 168 valence electrons. The van der Waals surface area contributed by atoms with Crippen molar-refractivity contribution in [3.63, 3.8) is 0 Å². The van der Waals surface area contributed by atoms with E-state index in [0.717, 1.165) is 29.7 Å². The summed E-state index contributed by atoms with van der Waals surface area (Å²) >= 11 is 1.59. The predicted molar refractivity (Wildman–Crippen MR) is 125 cm³/mol. The topological polar surface area (TPSA) is 94.8 Å². The highest BCUT2D eigenvalue weighted by atomic mass is 32.1. The Morgan fingerprint density at radius 2 is 2.19 bits per heavy atom. The molecule has 9 heteroatoms. The minimum Gasteiger partial charge on any atom is -0.497 e. The number of aromatic nitrogens is 2. The van der Waals surface area contributed by atoms with Gasteiger partial charge in [0.25, 0.3) is 11.5 Å². The van der Waals surface area contributed by atoms with Crippen LogP contribution in [0.3, 0.4) is 0 Å². The summed E-state index contributed by atoms with van der Waals surface area (Å²) in [7, 11) is 3.12. The number of nitrogens with one attached hydrogen (secondary N) is 1. The van der Waals surface area contributed by atoms with Crippen molar-refractivity contribution < 1.29 is 14.3 Å². The third kappa shape index (κ3) is 4.12. The lowest BCUT2D eigenvalue weighted by Crippen LogP contribution is -2.34. The Bertz CT molecular complexity index is 1250. The summed E-state index contributed by atoms with van der Waals surface area (Å²) < 4.78 is 11.9. The molecule has 2 atom stereocenters. The minimum absolute atomic E-state index is 0.175. The summed E-state index contributed by atoms with van der Waals surface area (Å²) in [5.74, 6) is 1.43. The summed E-state index contributed by atoms with van der Waals surface area (Å²) in [4.78, 5) is 32.4. The molecule has 2 aromatic heterocycles. The van der Waals surface area contributed by atoms with Crippen LogP contribution in [0.2, 0.25) is 0 Å². The Labute approximate surface area is 189 Å². The number of nitrogens with zero attached hydrogens (tertiary/aromatic N) is 3. The Kier molecular flexibility index (Phi) is 6.27. The standard InChI is InChI=1S/C23H26N4O4S/c1-13-5-8-17-19(9-13)32-22-20(17)23(29)27(12-24-22)14(2)21(28)26-25-11-15-6-7-16(30-3)10-18(15)31-4/h6-7,10-14H,5,8-9H2,1-4H3,(H,26,28)/b25-11-. The number of ether oxygens (including phenoxy) is 2. The lowest BCUT2D eigenvalue weighted by atomic mass is 9.89. The van der Waals surface area contributed by atoms with Crippen LogP contribution in [-0.2, 0) is 17.6 Å². The second-order valence-corrected chi connectivity index (χ2v) is 9.09. The first-order valence-corrected chi connectivity index (χ1v) is 11.3. The fourth-order valence-electron chi connectivity index (χ4n) is 3.93. The number of hydrogen-bond donors (Lipinski definition) is 1. The SMILES string of the molecule is COc1ccc(/C=N\NC(=O)C(C)n2cnc3sc4c(c3c2=O)CCC(C)C4)c(OC)c1. The molecule has 8 nitrogen and oxygen atoms in total. The summed E-state index contributed by atoms with van der Waals surface area (Å²) in [6.45, 7) is 3.89. The van der Waals surface area contributed by atoms with Crippen LogP contribution in [0.4, 0.5) is 0 Å². The van der Waals surface area contributed by atoms with Gasteiger partial charge in [0, 0.05) is 16.5 Å². The minimum atomic E-state index is -0.757. The number of carbonyl (C=O) groups is 1. The van der Waals surface area contributed by atoms with E-state index in [1.807, 2.05) is 0 Å². The van der Waals surface area contributed by atoms with Crippen LogP contribution in [0.15, 0.2) is 34.4 Å². The molecule has 0 spiro atoms. The third-order valence-electron chi connectivity index (χ3n) is 5.86. The van der Waals surface area contributed by atoms with Gasteiger partial charge in [-0.25, -0.2) is 10.4 Å². The molecule has 1 N–H and O–H groups in total. The van der Waals surface area contributed by atoms with E-state index in [-0.39, 0.29) is 5.56 Å². The maximum absolute atomic E-state index is 13.2. The van der Waals surface area contributed by atoms with Gasteiger partial charge in [0.15, 0.2) is 0 Å². The van der Waals surface area contributed by atoms with Crippen molar-refractivity contribution in [3.8, 4) is 11.5 Å². The van der Waals surface area contributed by atoms with Gasteiger partial charge in [0.05, 0.1) is 32.1 Å². The van der Waals surface area contributed by atoms with Gasteiger partial charge in [-0.15, -0.1) is 11.3 Å². The first-order chi connectivity index (χ1) is 15.4. The lowest BCUT2D eigenvalue weighted by Gasteiger charge is -2.18. The molecule has 2 heterocycles. The van der Waals surface area contributed by atoms with Gasteiger partial charge in [-0.05, 0) is 49.8 Å². The van der Waals surface area contributed by atoms with Crippen molar-refractivity contribution in [1.29, 1.82) is 0 Å². The lowest BCUT2D eigenvalue weighted by molar-refractivity contribution is -0.123. The molecule has 0 bridgehead atoms. The smallest absolute Gasteiger partial charge is 0.263 e. The van der Waals surface area contributed by atoms with Crippen LogP contribution in [0.25, 0.3) is 10.2 Å². The van der Waals surface area contributed by atoms with E-state index >= 15 is 0 Å². The molecule has 0 radical (unpaired) electrons. The van der Waals surface area contributed by atoms with Crippen LogP contribution in [0.5, 0.6) is 11.5 Å². The molecular weight excluding hydrogens is 428 g/mol. The number of benzene rings is 1.